The molecular formula is C26H21N3O4. The first kappa shape index (κ1) is 20.4. The number of allylic oxidation sites excluding steroid dienone is 1. The van der Waals surface area contributed by atoms with E-state index in [1.165, 1.54) is 7.11 Å². The number of rotatable bonds is 5. The van der Waals surface area contributed by atoms with Crippen LogP contribution in [0.25, 0.3) is 12.3 Å². The number of hydrogen-bond donors (Lipinski definition) is 3. The fourth-order valence-corrected chi connectivity index (χ4v) is 3.85. The predicted molar refractivity (Wildman–Crippen MR) is 128 cm³/mol. The molecule has 0 unspecified atom stereocenters. The maximum Gasteiger partial charge on any atom is 0.337 e. The summed E-state index contributed by atoms with van der Waals surface area (Å²) in [6, 6.07) is 16.3. The molecule has 2 aliphatic rings. The van der Waals surface area contributed by atoms with Crippen molar-refractivity contribution in [2.75, 3.05) is 23.1 Å². The molecular weight excluding hydrogens is 418 g/mol. The normalized spacial score (nSPS) is 13.8. The molecule has 0 aromatic heterocycles. The highest BCUT2D eigenvalue weighted by Gasteiger charge is 2.21. The van der Waals surface area contributed by atoms with Gasteiger partial charge in [-0.15, -0.1) is 0 Å². The third-order valence-electron chi connectivity index (χ3n) is 5.47. The largest absolute Gasteiger partial charge is 0.465 e. The Morgan fingerprint density at radius 1 is 1.06 bits per heavy atom. The van der Waals surface area contributed by atoms with Crippen molar-refractivity contribution in [2.24, 2.45) is 0 Å². The second-order valence-electron chi connectivity index (χ2n) is 7.61. The number of methoxy groups -OCH3 is 1. The molecule has 2 aliphatic heterocycles. The lowest BCUT2D eigenvalue weighted by atomic mass is 10.0. The highest BCUT2D eigenvalue weighted by molar-refractivity contribution is 6.00. The topological polar surface area (TPSA) is 88.7 Å². The van der Waals surface area contributed by atoms with Crippen molar-refractivity contribution in [2.45, 2.75) is 6.42 Å². The number of hydrogen-bond acceptors (Lipinski definition) is 6. The minimum Gasteiger partial charge on any atom is -0.465 e. The molecule has 33 heavy (non-hydrogen) atoms. The van der Waals surface area contributed by atoms with Gasteiger partial charge in [0.1, 0.15) is 11.5 Å². The summed E-state index contributed by atoms with van der Waals surface area (Å²) in [4.78, 5) is 23.6. The number of esters is 1. The standard InChI is InChI=1S/C26H21N3O4/c1-32-26(31)16-4-8-19(9-5-16)33-20-10-6-18(7-11-20)28-15-17-13-23-21(3-2-12-27-23)22-14-24(30)29-25(17)22/h2-13,15,27-28H,14H2,1H3,(H,29,30)/b17-15-. The molecule has 0 saturated carbocycles. The first-order valence-electron chi connectivity index (χ1n) is 10.4. The number of anilines is 3. The summed E-state index contributed by atoms with van der Waals surface area (Å²) in [5.74, 6) is 0.897. The summed E-state index contributed by atoms with van der Waals surface area (Å²) in [6.07, 6.45) is 8.08. The van der Waals surface area contributed by atoms with Crippen molar-refractivity contribution in [3.63, 3.8) is 0 Å². The van der Waals surface area contributed by atoms with Crippen LogP contribution >= 0.6 is 0 Å². The maximum atomic E-state index is 12.0. The number of amides is 1. The van der Waals surface area contributed by atoms with Crippen LogP contribution in [0, 0.1) is 0 Å². The summed E-state index contributed by atoms with van der Waals surface area (Å²) < 4.78 is 10.5. The Balaban J connectivity index is 1.33. The molecule has 1 amide bonds. The maximum absolute atomic E-state index is 12.0. The quantitative estimate of drug-likeness (QED) is 0.529. The summed E-state index contributed by atoms with van der Waals surface area (Å²) >= 11 is 0. The Morgan fingerprint density at radius 2 is 1.79 bits per heavy atom. The number of benzene rings is 3. The summed E-state index contributed by atoms with van der Waals surface area (Å²) in [6.45, 7) is 0. The van der Waals surface area contributed by atoms with Crippen LogP contribution in [0.4, 0.5) is 17.1 Å². The Bertz CT molecular complexity index is 1390. The van der Waals surface area contributed by atoms with E-state index in [1.807, 2.05) is 54.9 Å². The van der Waals surface area contributed by atoms with Gasteiger partial charge in [-0.3, -0.25) is 4.79 Å². The molecule has 3 aromatic carbocycles. The van der Waals surface area contributed by atoms with Crippen LogP contribution in [0.1, 0.15) is 15.9 Å². The minimum absolute atomic E-state index is 0.00266. The van der Waals surface area contributed by atoms with Crippen LogP contribution in [0.15, 0.2) is 66.9 Å². The zero-order chi connectivity index (χ0) is 22.8. The lowest BCUT2D eigenvalue weighted by Gasteiger charge is -2.11. The van der Waals surface area contributed by atoms with Gasteiger partial charge in [-0.25, -0.2) is 4.79 Å². The molecule has 3 aromatic rings. The summed E-state index contributed by atoms with van der Waals surface area (Å²) in [5, 5.41) is 11.5. The summed E-state index contributed by atoms with van der Waals surface area (Å²) in [7, 11) is 1.35. The van der Waals surface area contributed by atoms with Crippen molar-refractivity contribution in [3.8, 4) is 11.5 Å². The molecule has 164 valence electrons. The smallest absolute Gasteiger partial charge is 0.337 e. The molecule has 2 heterocycles. The number of carbonyl (C=O) groups is 2. The molecule has 7 nitrogen and oxygen atoms in total. The predicted octanol–water partition coefficient (Wildman–Crippen LogP) is 3.33. The zero-order valence-electron chi connectivity index (χ0n) is 17.8. The van der Waals surface area contributed by atoms with Gasteiger partial charge in [-0.05, 0) is 66.2 Å². The molecule has 0 radical (unpaired) electrons. The fraction of sp³-hybridized carbons (Fsp3) is 0.0769. The molecule has 5 rings (SSSR count). The van der Waals surface area contributed by atoms with E-state index in [9.17, 15) is 9.59 Å². The van der Waals surface area contributed by atoms with Crippen LogP contribution in [-0.4, -0.2) is 19.0 Å². The van der Waals surface area contributed by atoms with Gasteiger partial charge in [-0.2, -0.15) is 0 Å². The molecule has 7 heteroatoms. The van der Waals surface area contributed by atoms with E-state index in [0.29, 0.717) is 23.5 Å². The molecule has 0 bridgehead atoms. The van der Waals surface area contributed by atoms with E-state index in [4.69, 9.17) is 9.47 Å². The van der Waals surface area contributed by atoms with Crippen LogP contribution in [0.5, 0.6) is 11.5 Å². The number of carbonyl (C=O) groups excluding carboxylic acids is 2. The fourth-order valence-electron chi connectivity index (χ4n) is 3.85. The van der Waals surface area contributed by atoms with E-state index >= 15 is 0 Å². The minimum atomic E-state index is -0.386. The second-order valence-corrected chi connectivity index (χ2v) is 7.61. The van der Waals surface area contributed by atoms with E-state index in [1.54, 1.807) is 24.3 Å². The lowest BCUT2D eigenvalue weighted by Crippen LogP contribution is -2.22. The highest BCUT2D eigenvalue weighted by Crippen LogP contribution is 2.24. The Hall–Kier alpha value is -4.52. The van der Waals surface area contributed by atoms with E-state index in [2.05, 4.69) is 16.0 Å². The van der Waals surface area contributed by atoms with E-state index < -0.39 is 0 Å². The third-order valence-corrected chi connectivity index (χ3v) is 5.47. The SMILES string of the molecule is COC(=O)c1ccc(Oc2ccc(N/C=c3/cc4c(c5c3NC(=O)C5)=CC=CN4)cc2)cc1. The molecule has 0 spiro atoms. The van der Waals surface area contributed by atoms with Gasteiger partial charge < -0.3 is 25.4 Å². The zero-order valence-corrected chi connectivity index (χ0v) is 17.8. The molecule has 0 atom stereocenters. The summed E-state index contributed by atoms with van der Waals surface area (Å²) in [5.41, 5.74) is 4.16. The number of fused-ring (bicyclic) bond motifs is 3. The first-order chi connectivity index (χ1) is 16.1. The van der Waals surface area contributed by atoms with Gasteiger partial charge in [0.15, 0.2) is 0 Å². The van der Waals surface area contributed by atoms with Crippen molar-refractivity contribution < 1.29 is 19.1 Å². The van der Waals surface area contributed by atoms with E-state index in [-0.39, 0.29) is 11.9 Å². The van der Waals surface area contributed by atoms with Gasteiger partial charge in [0.2, 0.25) is 5.91 Å². The van der Waals surface area contributed by atoms with Crippen molar-refractivity contribution in [1.29, 1.82) is 0 Å². The molecule has 0 aliphatic carbocycles. The van der Waals surface area contributed by atoms with Gasteiger partial charge in [0.25, 0.3) is 0 Å². The van der Waals surface area contributed by atoms with Crippen LogP contribution in [-0.2, 0) is 16.0 Å². The van der Waals surface area contributed by atoms with Crippen molar-refractivity contribution in [1.82, 2.24) is 0 Å². The van der Waals surface area contributed by atoms with Gasteiger partial charge >= 0.3 is 5.97 Å². The molecule has 0 saturated heterocycles. The Labute approximate surface area is 190 Å². The van der Waals surface area contributed by atoms with Crippen LogP contribution in [0.2, 0.25) is 0 Å². The Kier molecular flexibility index (Phi) is 5.28. The second kappa shape index (κ2) is 8.55. The van der Waals surface area contributed by atoms with Gasteiger partial charge in [0.05, 0.1) is 24.8 Å². The highest BCUT2D eigenvalue weighted by atomic mass is 16.5. The van der Waals surface area contributed by atoms with E-state index in [0.717, 1.165) is 33.1 Å². The lowest BCUT2D eigenvalue weighted by molar-refractivity contribution is -0.115. The molecule has 3 N–H and O–H groups in total. The Morgan fingerprint density at radius 3 is 2.52 bits per heavy atom. The average molecular weight is 439 g/mol. The molecule has 0 fully saturated rings. The van der Waals surface area contributed by atoms with Crippen LogP contribution in [0.3, 0.4) is 0 Å². The number of ether oxygens (including phenoxy) is 2. The first-order valence-corrected chi connectivity index (χ1v) is 10.4. The average Bonchev–Trinajstić information content (AvgIpc) is 3.25. The van der Waals surface area contributed by atoms with Gasteiger partial charge in [-0.1, -0.05) is 6.08 Å². The van der Waals surface area contributed by atoms with Crippen molar-refractivity contribution in [3.05, 3.63) is 88.4 Å². The van der Waals surface area contributed by atoms with Crippen LogP contribution < -0.4 is 31.1 Å². The number of nitrogens with one attached hydrogen (secondary N) is 3. The third kappa shape index (κ3) is 4.16. The van der Waals surface area contributed by atoms with Gasteiger partial charge in [0, 0.05) is 34.2 Å². The monoisotopic (exact) mass is 439 g/mol. The van der Waals surface area contributed by atoms with Crippen molar-refractivity contribution >= 4 is 41.2 Å².